The Bertz CT molecular complexity index is 483. The summed E-state index contributed by atoms with van der Waals surface area (Å²) >= 11 is 0. The van der Waals surface area contributed by atoms with E-state index < -0.39 is 10.0 Å². The van der Waals surface area contributed by atoms with Crippen LogP contribution in [-0.4, -0.2) is 21.0 Å². The van der Waals surface area contributed by atoms with Crippen LogP contribution in [-0.2, 0) is 10.0 Å². The first-order valence-corrected chi connectivity index (χ1v) is 8.84. The van der Waals surface area contributed by atoms with Crippen LogP contribution < -0.4 is 10.0 Å². The first kappa shape index (κ1) is 17.0. The molecule has 0 aliphatic rings. The van der Waals surface area contributed by atoms with Crippen molar-refractivity contribution in [2.45, 2.75) is 57.4 Å². The summed E-state index contributed by atoms with van der Waals surface area (Å²) in [6.45, 7) is 6.88. The second kappa shape index (κ2) is 8.27. The summed E-state index contributed by atoms with van der Waals surface area (Å²) in [7, 11) is -3.41. The van der Waals surface area contributed by atoms with Gasteiger partial charge in [-0.3, -0.25) is 0 Å². The average Bonchev–Trinajstić information content (AvgIpc) is 2.39. The summed E-state index contributed by atoms with van der Waals surface area (Å²) in [5.41, 5.74) is 0.933. The molecule has 1 aromatic rings. The van der Waals surface area contributed by atoms with Gasteiger partial charge < -0.3 is 5.32 Å². The van der Waals surface area contributed by atoms with Crippen molar-refractivity contribution in [2.75, 3.05) is 11.9 Å². The van der Waals surface area contributed by atoms with Crippen LogP contribution in [0.3, 0.4) is 0 Å². The summed E-state index contributed by atoms with van der Waals surface area (Å²) < 4.78 is 27.2. The molecule has 5 heteroatoms. The van der Waals surface area contributed by atoms with Gasteiger partial charge in [0.2, 0.25) is 10.0 Å². The zero-order valence-corrected chi connectivity index (χ0v) is 13.5. The third-order valence-corrected chi connectivity index (χ3v) is 4.75. The summed E-state index contributed by atoms with van der Waals surface area (Å²) in [5, 5.41) is 3.15. The first-order chi connectivity index (χ1) is 9.49. The van der Waals surface area contributed by atoms with Gasteiger partial charge in [-0.1, -0.05) is 26.2 Å². The van der Waals surface area contributed by atoms with Crippen molar-refractivity contribution in [2.24, 2.45) is 0 Å². The molecule has 0 saturated carbocycles. The standard InChI is InChI=1S/C15H26N2O2S/c1-4-6-7-8-13(3)17-20(18,19)15-11-9-14(10-12-15)16-5-2/h9-13,16-17H,4-8H2,1-3H3. The second-order valence-corrected chi connectivity index (χ2v) is 6.79. The Hall–Kier alpha value is -1.07. The molecule has 0 aliphatic carbocycles. The summed E-state index contributed by atoms with van der Waals surface area (Å²) in [4.78, 5) is 0.321. The van der Waals surface area contributed by atoms with Crippen LogP contribution in [0.4, 0.5) is 5.69 Å². The molecule has 4 nitrogen and oxygen atoms in total. The number of nitrogens with one attached hydrogen (secondary N) is 2. The molecule has 2 N–H and O–H groups in total. The van der Waals surface area contributed by atoms with E-state index in [2.05, 4.69) is 17.0 Å². The Labute approximate surface area is 123 Å². The molecule has 1 aromatic carbocycles. The van der Waals surface area contributed by atoms with Gasteiger partial charge in [-0.2, -0.15) is 0 Å². The zero-order valence-electron chi connectivity index (χ0n) is 12.6. The number of benzene rings is 1. The van der Waals surface area contributed by atoms with E-state index in [1.807, 2.05) is 13.8 Å². The predicted molar refractivity (Wildman–Crippen MR) is 84.5 cm³/mol. The summed E-state index contributed by atoms with van der Waals surface area (Å²) in [6.07, 6.45) is 4.22. The highest BCUT2D eigenvalue weighted by Crippen LogP contribution is 2.15. The number of sulfonamides is 1. The molecule has 1 rings (SSSR count). The van der Waals surface area contributed by atoms with Crippen LogP contribution >= 0.6 is 0 Å². The van der Waals surface area contributed by atoms with E-state index in [-0.39, 0.29) is 6.04 Å². The van der Waals surface area contributed by atoms with Gasteiger partial charge in [-0.15, -0.1) is 0 Å². The van der Waals surface area contributed by atoms with E-state index >= 15 is 0 Å². The number of hydrogen-bond donors (Lipinski definition) is 2. The van der Waals surface area contributed by atoms with Crippen molar-refractivity contribution >= 4 is 15.7 Å². The minimum Gasteiger partial charge on any atom is -0.385 e. The molecule has 0 fully saturated rings. The molecular formula is C15H26N2O2S. The zero-order chi connectivity index (χ0) is 15.0. The van der Waals surface area contributed by atoms with Crippen molar-refractivity contribution in [3.63, 3.8) is 0 Å². The van der Waals surface area contributed by atoms with Crippen LogP contribution in [0.5, 0.6) is 0 Å². The average molecular weight is 298 g/mol. The fraction of sp³-hybridized carbons (Fsp3) is 0.600. The fourth-order valence-electron chi connectivity index (χ4n) is 2.05. The Morgan fingerprint density at radius 1 is 1.10 bits per heavy atom. The number of anilines is 1. The van der Waals surface area contributed by atoms with Crippen LogP contribution in [0.25, 0.3) is 0 Å². The Morgan fingerprint density at radius 2 is 1.75 bits per heavy atom. The van der Waals surface area contributed by atoms with E-state index in [0.29, 0.717) is 4.90 Å². The van der Waals surface area contributed by atoms with Crippen molar-refractivity contribution in [1.82, 2.24) is 4.72 Å². The molecule has 0 spiro atoms. The topological polar surface area (TPSA) is 58.2 Å². The molecule has 1 unspecified atom stereocenters. The van der Waals surface area contributed by atoms with E-state index in [1.54, 1.807) is 24.3 Å². The SMILES string of the molecule is CCCCCC(C)NS(=O)(=O)c1ccc(NCC)cc1. The van der Waals surface area contributed by atoms with Gasteiger partial charge in [0, 0.05) is 18.3 Å². The van der Waals surface area contributed by atoms with E-state index in [4.69, 9.17) is 0 Å². The van der Waals surface area contributed by atoms with Crippen molar-refractivity contribution in [3.8, 4) is 0 Å². The second-order valence-electron chi connectivity index (χ2n) is 5.07. The molecule has 0 amide bonds. The highest BCUT2D eigenvalue weighted by atomic mass is 32.2. The maximum atomic E-state index is 12.2. The largest absolute Gasteiger partial charge is 0.385 e. The number of unbranched alkanes of at least 4 members (excludes halogenated alkanes) is 2. The van der Waals surface area contributed by atoms with E-state index in [1.165, 1.54) is 0 Å². The van der Waals surface area contributed by atoms with Crippen LogP contribution in [0, 0.1) is 0 Å². The minimum atomic E-state index is -3.41. The maximum Gasteiger partial charge on any atom is 0.240 e. The molecule has 0 radical (unpaired) electrons. The lowest BCUT2D eigenvalue weighted by Gasteiger charge is -2.14. The van der Waals surface area contributed by atoms with Crippen LogP contribution in [0.15, 0.2) is 29.2 Å². The van der Waals surface area contributed by atoms with Crippen molar-refractivity contribution in [1.29, 1.82) is 0 Å². The quantitative estimate of drug-likeness (QED) is 0.687. The third kappa shape index (κ3) is 5.51. The van der Waals surface area contributed by atoms with Crippen molar-refractivity contribution < 1.29 is 8.42 Å². The molecule has 0 heterocycles. The van der Waals surface area contributed by atoms with Crippen molar-refractivity contribution in [3.05, 3.63) is 24.3 Å². The fourth-order valence-corrected chi connectivity index (χ4v) is 3.33. The minimum absolute atomic E-state index is 0.0278. The molecule has 0 saturated heterocycles. The van der Waals surface area contributed by atoms with Gasteiger partial charge in [0.1, 0.15) is 0 Å². The van der Waals surface area contributed by atoms with Gasteiger partial charge >= 0.3 is 0 Å². The number of hydrogen-bond acceptors (Lipinski definition) is 3. The molecule has 1 atom stereocenters. The molecule has 114 valence electrons. The highest BCUT2D eigenvalue weighted by molar-refractivity contribution is 7.89. The van der Waals surface area contributed by atoms with E-state index in [9.17, 15) is 8.42 Å². The van der Waals surface area contributed by atoms with Crippen LogP contribution in [0.1, 0.15) is 46.5 Å². The van der Waals surface area contributed by atoms with E-state index in [0.717, 1.165) is 37.9 Å². The molecule has 0 aliphatic heterocycles. The van der Waals surface area contributed by atoms with Gasteiger partial charge in [-0.25, -0.2) is 13.1 Å². The normalized spacial score (nSPS) is 13.2. The molecule has 0 aromatic heterocycles. The molecular weight excluding hydrogens is 272 g/mol. The van der Waals surface area contributed by atoms with Gasteiger partial charge in [0.05, 0.1) is 4.90 Å². The summed E-state index contributed by atoms with van der Waals surface area (Å²) in [5.74, 6) is 0. The Balaban J connectivity index is 2.63. The Morgan fingerprint density at radius 3 is 2.30 bits per heavy atom. The maximum absolute atomic E-state index is 12.2. The number of rotatable bonds is 9. The Kier molecular flexibility index (Phi) is 7.02. The predicted octanol–water partition coefficient (Wildman–Crippen LogP) is 3.37. The monoisotopic (exact) mass is 298 g/mol. The lowest BCUT2D eigenvalue weighted by Crippen LogP contribution is -2.32. The smallest absolute Gasteiger partial charge is 0.240 e. The third-order valence-electron chi connectivity index (χ3n) is 3.14. The molecule has 20 heavy (non-hydrogen) atoms. The summed E-state index contributed by atoms with van der Waals surface area (Å²) in [6, 6.07) is 6.83. The first-order valence-electron chi connectivity index (χ1n) is 7.35. The van der Waals surface area contributed by atoms with Gasteiger partial charge in [-0.05, 0) is 44.5 Å². The van der Waals surface area contributed by atoms with Crippen LogP contribution in [0.2, 0.25) is 0 Å². The lowest BCUT2D eigenvalue weighted by atomic mass is 10.1. The molecule has 0 bridgehead atoms. The van der Waals surface area contributed by atoms with Gasteiger partial charge in [0.15, 0.2) is 0 Å². The highest BCUT2D eigenvalue weighted by Gasteiger charge is 2.16. The van der Waals surface area contributed by atoms with Gasteiger partial charge in [0.25, 0.3) is 0 Å². The lowest BCUT2D eigenvalue weighted by molar-refractivity contribution is 0.527.